The van der Waals surface area contributed by atoms with E-state index < -0.39 is 10.7 Å². The number of hydrogen-bond donors (Lipinski definition) is 1. The van der Waals surface area contributed by atoms with E-state index in [0.717, 1.165) is 25.0 Å². The summed E-state index contributed by atoms with van der Waals surface area (Å²) in [5.74, 6) is 0.689. The third-order valence-corrected chi connectivity index (χ3v) is 4.10. The van der Waals surface area contributed by atoms with Gasteiger partial charge in [0, 0.05) is 18.7 Å². The molecule has 0 saturated carbocycles. The van der Waals surface area contributed by atoms with Gasteiger partial charge in [-0.05, 0) is 47.4 Å². The molecule has 1 N–H and O–H groups in total. The Morgan fingerprint density at radius 3 is 2.79 bits per heavy atom. The summed E-state index contributed by atoms with van der Waals surface area (Å²) >= 11 is 3.56. The first-order valence-electron chi connectivity index (χ1n) is 5.92. The lowest BCUT2D eigenvalue weighted by Crippen LogP contribution is -2.05. The van der Waals surface area contributed by atoms with Crippen molar-refractivity contribution in [2.75, 3.05) is 23.9 Å². The second-order valence-corrected chi connectivity index (χ2v) is 6.17. The second-order valence-electron chi connectivity index (χ2n) is 4.02. The van der Waals surface area contributed by atoms with Crippen LogP contribution in [-0.4, -0.2) is 23.5 Å². The first-order chi connectivity index (χ1) is 9.06. The standard InChI is InChI=1S/C12H16FIN2O2S/c1-19-6-4-2-3-5-15-11-7-9(13)10(14)8-12(11)16(17)18/h7-8,15H,2-6H2,1H3. The monoisotopic (exact) mass is 398 g/mol. The molecule has 1 rings (SSSR count). The van der Waals surface area contributed by atoms with Crippen LogP contribution >= 0.6 is 34.4 Å². The van der Waals surface area contributed by atoms with Crippen molar-refractivity contribution >= 4 is 45.7 Å². The van der Waals surface area contributed by atoms with Gasteiger partial charge in [0.2, 0.25) is 0 Å². The molecule has 0 amide bonds. The molecule has 1 aromatic carbocycles. The molecule has 0 bridgehead atoms. The highest BCUT2D eigenvalue weighted by atomic mass is 127. The zero-order chi connectivity index (χ0) is 14.3. The van der Waals surface area contributed by atoms with Gasteiger partial charge in [0.25, 0.3) is 5.69 Å². The molecule has 0 aliphatic rings. The number of thioether (sulfide) groups is 1. The minimum atomic E-state index is -0.488. The normalized spacial score (nSPS) is 10.5. The third-order valence-electron chi connectivity index (χ3n) is 2.58. The van der Waals surface area contributed by atoms with E-state index in [1.807, 2.05) is 0 Å². The van der Waals surface area contributed by atoms with Crippen molar-refractivity contribution in [3.8, 4) is 0 Å². The summed E-state index contributed by atoms with van der Waals surface area (Å²) in [4.78, 5) is 10.4. The molecular formula is C12H16FIN2O2S. The van der Waals surface area contributed by atoms with E-state index in [1.165, 1.54) is 12.1 Å². The number of unbranched alkanes of at least 4 members (excludes halogenated alkanes) is 2. The van der Waals surface area contributed by atoms with E-state index in [-0.39, 0.29) is 14.9 Å². The summed E-state index contributed by atoms with van der Waals surface area (Å²) in [6.07, 6.45) is 5.18. The highest BCUT2D eigenvalue weighted by molar-refractivity contribution is 14.1. The van der Waals surface area contributed by atoms with Crippen molar-refractivity contribution < 1.29 is 9.31 Å². The number of hydrogen-bond acceptors (Lipinski definition) is 4. The van der Waals surface area contributed by atoms with E-state index in [1.54, 1.807) is 34.4 Å². The van der Waals surface area contributed by atoms with Gasteiger partial charge in [-0.3, -0.25) is 10.1 Å². The van der Waals surface area contributed by atoms with Gasteiger partial charge < -0.3 is 5.32 Å². The van der Waals surface area contributed by atoms with Crippen LogP contribution in [0, 0.1) is 19.5 Å². The molecule has 0 aromatic heterocycles. The predicted octanol–water partition coefficient (Wildman–Crippen LogP) is 4.28. The van der Waals surface area contributed by atoms with Gasteiger partial charge in [-0.2, -0.15) is 11.8 Å². The quantitative estimate of drug-likeness (QED) is 0.307. The van der Waals surface area contributed by atoms with Crippen LogP contribution in [0.2, 0.25) is 0 Å². The number of nitrogens with zero attached hydrogens (tertiary/aromatic N) is 1. The first kappa shape index (κ1) is 16.5. The van der Waals surface area contributed by atoms with Crippen molar-refractivity contribution in [1.29, 1.82) is 0 Å². The van der Waals surface area contributed by atoms with Crippen molar-refractivity contribution in [3.05, 3.63) is 31.6 Å². The molecule has 0 unspecified atom stereocenters. The zero-order valence-corrected chi connectivity index (χ0v) is 13.6. The van der Waals surface area contributed by atoms with Gasteiger partial charge in [0.15, 0.2) is 0 Å². The van der Waals surface area contributed by atoms with Gasteiger partial charge in [0.05, 0.1) is 8.49 Å². The van der Waals surface area contributed by atoms with Gasteiger partial charge in [-0.1, -0.05) is 6.42 Å². The fraction of sp³-hybridized carbons (Fsp3) is 0.500. The molecule has 0 aliphatic carbocycles. The topological polar surface area (TPSA) is 55.2 Å². The molecule has 7 heteroatoms. The number of benzene rings is 1. The molecule has 4 nitrogen and oxygen atoms in total. The van der Waals surface area contributed by atoms with Crippen LogP contribution in [0.5, 0.6) is 0 Å². The Hall–Kier alpha value is -0.570. The van der Waals surface area contributed by atoms with Crippen molar-refractivity contribution in [1.82, 2.24) is 0 Å². The lowest BCUT2D eigenvalue weighted by Gasteiger charge is -2.08. The maximum absolute atomic E-state index is 13.4. The highest BCUT2D eigenvalue weighted by Gasteiger charge is 2.16. The number of nitro benzene ring substituents is 1. The Balaban J connectivity index is 2.57. The van der Waals surface area contributed by atoms with Crippen molar-refractivity contribution in [2.45, 2.75) is 19.3 Å². The van der Waals surface area contributed by atoms with Crippen LogP contribution in [0.1, 0.15) is 19.3 Å². The van der Waals surface area contributed by atoms with Crippen LogP contribution in [0.25, 0.3) is 0 Å². The summed E-state index contributed by atoms with van der Waals surface area (Å²) in [6.45, 7) is 0.620. The number of anilines is 1. The molecule has 0 spiro atoms. The van der Waals surface area contributed by atoms with Crippen LogP contribution in [0.4, 0.5) is 15.8 Å². The fourth-order valence-corrected chi connectivity index (χ4v) is 2.54. The molecule has 0 aliphatic heterocycles. The Kier molecular flexibility index (Phi) is 7.44. The van der Waals surface area contributed by atoms with Crippen LogP contribution in [-0.2, 0) is 0 Å². The van der Waals surface area contributed by atoms with E-state index >= 15 is 0 Å². The fourth-order valence-electron chi connectivity index (χ4n) is 1.60. The average molecular weight is 398 g/mol. The minimum Gasteiger partial charge on any atom is -0.379 e. The third kappa shape index (κ3) is 5.52. The van der Waals surface area contributed by atoms with Crippen LogP contribution in [0.15, 0.2) is 12.1 Å². The van der Waals surface area contributed by atoms with Gasteiger partial charge in [-0.25, -0.2) is 4.39 Å². The van der Waals surface area contributed by atoms with Gasteiger partial charge >= 0.3 is 0 Å². The molecular weight excluding hydrogens is 382 g/mol. The molecule has 0 fully saturated rings. The lowest BCUT2D eigenvalue weighted by molar-refractivity contribution is -0.384. The number of rotatable bonds is 8. The van der Waals surface area contributed by atoms with E-state index in [4.69, 9.17) is 0 Å². The molecule has 19 heavy (non-hydrogen) atoms. The summed E-state index contributed by atoms with van der Waals surface area (Å²) < 4.78 is 13.7. The first-order valence-corrected chi connectivity index (χ1v) is 8.39. The maximum atomic E-state index is 13.4. The Morgan fingerprint density at radius 2 is 2.16 bits per heavy atom. The largest absolute Gasteiger partial charge is 0.379 e. The Bertz CT molecular complexity index is 446. The summed E-state index contributed by atoms with van der Waals surface area (Å²) in [5.41, 5.74) is 0.183. The smallest absolute Gasteiger partial charge is 0.293 e. The zero-order valence-electron chi connectivity index (χ0n) is 10.6. The maximum Gasteiger partial charge on any atom is 0.293 e. The summed E-state index contributed by atoms with van der Waals surface area (Å²) in [5, 5.41) is 13.8. The molecule has 106 valence electrons. The van der Waals surface area contributed by atoms with E-state index in [0.29, 0.717) is 6.54 Å². The highest BCUT2D eigenvalue weighted by Crippen LogP contribution is 2.28. The second kappa shape index (κ2) is 8.57. The molecule has 0 radical (unpaired) electrons. The number of halogens is 2. The minimum absolute atomic E-state index is 0.0742. The Labute approximate surface area is 129 Å². The lowest BCUT2D eigenvalue weighted by atomic mass is 10.2. The summed E-state index contributed by atoms with van der Waals surface area (Å²) in [6, 6.07) is 2.45. The Morgan fingerprint density at radius 1 is 1.42 bits per heavy atom. The summed E-state index contributed by atoms with van der Waals surface area (Å²) in [7, 11) is 0. The van der Waals surface area contributed by atoms with Gasteiger partial charge in [-0.15, -0.1) is 0 Å². The molecule has 0 atom stereocenters. The number of nitro groups is 1. The van der Waals surface area contributed by atoms with Gasteiger partial charge in [0.1, 0.15) is 11.5 Å². The van der Waals surface area contributed by atoms with E-state index in [2.05, 4.69) is 11.6 Å². The SMILES string of the molecule is CSCCCCCNc1cc(F)c(I)cc1[N+](=O)[O-]. The molecule has 1 aromatic rings. The molecule has 0 heterocycles. The molecule has 0 saturated heterocycles. The average Bonchev–Trinajstić information content (AvgIpc) is 2.37. The number of nitrogens with one attached hydrogen (secondary N) is 1. The van der Waals surface area contributed by atoms with Crippen LogP contribution < -0.4 is 5.32 Å². The predicted molar refractivity (Wildman–Crippen MR) is 86.5 cm³/mol. The van der Waals surface area contributed by atoms with Crippen molar-refractivity contribution in [2.24, 2.45) is 0 Å². The van der Waals surface area contributed by atoms with E-state index in [9.17, 15) is 14.5 Å². The van der Waals surface area contributed by atoms with Crippen LogP contribution in [0.3, 0.4) is 0 Å². The van der Waals surface area contributed by atoms with Crippen molar-refractivity contribution in [3.63, 3.8) is 0 Å².